The Kier molecular flexibility index (Phi) is 7.26. The number of hydrogen-bond donors (Lipinski definition) is 0. The fraction of sp³-hybridized carbons (Fsp3) is 0.154. The van der Waals surface area contributed by atoms with Crippen LogP contribution in [0.3, 0.4) is 0 Å². The molecule has 0 bridgehead atoms. The average molecular weight is 536 g/mol. The predicted octanol–water partition coefficient (Wildman–Crippen LogP) is 4.66. The van der Waals surface area contributed by atoms with Crippen molar-refractivity contribution < 1.29 is 19.0 Å². The maximum absolute atomic E-state index is 13.4. The number of carbonyl (C=O) groups is 1. The summed E-state index contributed by atoms with van der Waals surface area (Å²) in [5.41, 5.74) is 1.46. The van der Waals surface area contributed by atoms with E-state index in [-0.39, 0.29) is 11.3 Å². The first-order valence-electron chi connectivity index (χ1n) is 10.7. The number of ether oxygens (including phenoxy) is 3. The van der Waals surface area contributed by atoms with Crippen molar-refractivity contribution in [2.45, 2.75) is 13.0 Å². The molecule has 3 aromatic carbocycles. The monoisotopic (exact) mass is 535 g/mol. The first-order chi connectivity index (χ1) is 16.9. The van der Waals surface area contributed by atoms with Crippen molar-refractivity contribution in [1.82, 2.24) is 9.66 Å². The molecule has 0 fully saturated rings. The van der Waals surface area contributed by atoms with Crippen LogP contribution in [-0.4, -0.2) is 42.2 Å². The third-order valence-electron chi connectivity index (χ3n) is 5.19. The summed E-state index contributed by atoms with van der Waals surface area (Å²) in [6, 6.07) is 19.9. The maximum Gasteiger partial charge on any atom is 0.346 e. The van der Waals surface area contributed by atoms with Gasteiger partial charge in [0.2, 0.25) is 0 Å². The van der Waals surface area contributed by atoms with E-state index in [0.29, 0.717) is 32.5 Å². The summed E-state index contributed by atoms with van der Waals surface area (Å²) in [6.45, 7) is 1.57. The number of para-hydroxylation sites is 1. The standard InChI is InChI=1S/C26H22BrN3O5/c1-16(26(32)34-3)35-23-18(13-19(27)14-22(23)33-2)15-28-30-24(17-9-5-4-6-10-17)29-21-12-8-7-11-20(21)25(30)31/h4-16H,1-3H3/t16-/m0/s1. The van der Waals surface area contributed by atoms with E-state index in [1.54, 1.807) is 37.3 Å². The van der Waals surface area contributed by atoms with Crippen molar-refractivity contribution in [2.24, 2.45) is 5.10 Å². The Labute approximate surface area is 209 Å². The molecular formula is C26H22BrN3O5. The van der Waals surface area contributed by atoms with Crippen molar-refractivity contribution in [1.29, 1.82) is 0 Å². The van der Waals surface area contributed by atoms with Gasteiger partial charge in [-0.15, -0.1) is 0 Å². The summed E-state index contributed by atoms with van der Waals surface area (Å²) < 4.78 is 18.0. The number of esters is 1. The number of hydrogen-bond acceptors (Lipinski definition) is 7. The van der Waals surface area contributed by atoms with Gasteiger partial charge in [0, 0.05) is 15.6 Å². The third-order valence-corrected chi connectivity index (χ3v) is 5.65. The Bertz CT molecular complexity index is 1470. The van der Waals surface area contributed by atoms with Crippen LogP contribution >= 0.6 is 15.9 Å². The largest absolute Gasteiger partial charge is 0.493 e. The topological polar surface area (TPSA) is 92.0 Å². The quantitative estimate of drug-likeness (QED) is 0.252. The summed E-state index contributed by atoms with van der Waals surface area (Å²) in [5, 5.41) is 4.93. The van der Waals surface area contributed by atoms with Gasteiger partial charge < -0.3 is 14.2 Å². The van der Waals surface area contributed by atoms with E-state index >= 15 is 0 Å². The minimum Gasteiger partial charge on any atom is -0.493 e. The van der Waals surface area contributed by atoms with E-state index < -0.39 is 12.1 Å². The number of halogens is 1. The number of carbonyl (C=O) groups excluding carboxylic acids is 1. The molecule has 4 aromatic rings. The van der Waals surface area contributed by atoms with E-state index in [0.717, 1.165) is 5.56 Å². The van der Waals surface area contributed by atoms with Crippen molar-refractivity contribution in [3.05, 3.63) is 87.1 Å². The van der Waals surface area contributed by atoms with Crippen molar-refractivity contribution in [3.8, 4) is 22.9 Å². The number of methoxy groups -OCH3 is 2. The molecule has 0 aliphatic heterocycles. The summed E-state index contributed by atoms with van der Waals surface area (Å²) in [4.78, 5) is 30.1. The van der Waals surface area contributed by atoms with Gasteiger partial charge in [0.1, 0.15) is 0 Å². The van der Waals surface area contributed by atoms with Crippen molar-refractivity contribution in [3.63, 3.8) is 0 Å². The number of aromatic nitrogens is 2. The average Bonchev–Trinajstić information content (AvgIpc) is 2.89. The molecule has 4 rings (SSSR count). The highest BCUT2D eigenvalue weighted by atomic mass is 79.9. The molecule has 35 heavy (non-hydrogen) atoms. The Morgan fingerprint density at radius 2 is 1.80 bits per heavy atom. The zero-order valence-corrected chi connectivity index (χ0v) is 20.9. The fourth-order valence-electron chi connectivity index (χ4n) is 3.48. The normalized spacial score (nSPS) is 12.0. The molecule has 1 heterocycles. The fourth-order valence-corrected chi connectivity index (χ4v) is 3.93. The zero-order chi connectivity index (χ0) is 24.9. The van der Waals surface area contributed by atoms with Gasteiger partial charge in [0.05, 0.1) is 31.3 Å². The summed E-state index contributed by atoms with van der Waals surface area (Å²) >= 11 is 3.45. The van der Waals surface area contributed by atoms with Crippen LogP contribution in [-0.2, 0) is 9.53 Å². The van der Waals surface area contributed by atoms with E-state index in [1.807, 2.05) is 36.4 Å². The molecule has 0 aliphatic carbocycles. The Hall–Kier alpha value is -3.98. The van der Waals surface area contributed by atoms with E-state index in [9.17, 15) is 9.59 Å². The highest BCUT2D eigenvalue weighted by molar-refractivity contribution is 9.10. The molecule has 9 heteroatoms. The molecule has 0 N–H and O–H groups in total. The molecule has 178 valence electrons. The summed E-state index contributed by atoms with van der Waals surface area (Å²) in [5.74, 6) is 0.501. The summed E-state index contributed by atoms with van der Waals surface area (Å²) in [7, 11) is 2.78. The van der Waals surface area contributed by atoms with Crippen LogP contribution in [0.4, 0.5) is 0 Å². The molecule has 1 atom stereocenters. The molecule has 0 saturated heterocycles. The SMILES string of the molecule is COC(=O)[C@H](C)Oc1c(C=Nn2c(-c3ccccc3)nc3ccccc3c2=O)cc(Br)cc1OC. The molecule has 0 saturated carbocycles. The lowest BCUT2D eigenvalue weighted by molar-refractivity contribution is -0.147. The highest BCUT2D eigenvalue weighted by Crippen LogP contribution is 2.35. The minimum absolute atomic E-state index is 0.278. The number of fused-ring (bicyclic) bond motifs is 1. The third kappa shape index (κ3) is 5.09. The zero-order valence-electron chi connectivity index (χ0n) is 19.3. The molecule has 8 nitrogen and oxygen atoms in total. The lowest BCUT2D eigenvalue weighted by atomic mass is 10.2. The van der Waals surface area contributed by atoms with Crippen molar-refractivity contribution in [2.75, 3.05) is 14.2 Å². The second-order valence-corrected chi connectivity index (χ2v) is 8.41. The van der Waals surface area contributed by atoms with Crippen LogP contribution in [0.5, 0.6) is 11.5 Å². The molecular weight excluding hydrogens is 514 g/mol. The van der Waals surface area contributed by atoms with Crippen LogP contribution in [0.2, 0.25) is 0 Å². The lowest BCUT2D eigenvalue weighted by Gasteiger charge is -2.17. The maximum atomic E-state index is 13.4. The van der Waals surface area contributed by atoms with Crippen LogP contribution in [0.15, 0.2) is 81.1 Å². The van der Waals surface area contributed by atoms with Gasteiger partial charge in [-0.05, 0) is 31.2 Å². The van der Waals surface area contributed by atoms with Crippen LogP contribution in [0, 0.1) is 0 Å². The number of rotatable bonds is 7. The molecule has 0 aliphatic rings. The van der Waals surface area contributed by atoms with Crippen LogP contribution in [0.1, 0.15) is 12.5 Å². The molecule has 0 unspecified atom stereocenters. The first kappa shape index (κ1) is 24.2. The van der Waals surface area contributed by atoms with E-state index in [1.165, 1.54) is 25.1 Å². The van der Waals surface area contributed by atoms with Gasteiger partial charge in [-0.3, -0.25) is 4.79 Å². The number of benzene rings is 3. The van der Waals surface area contributed by atoms with Gasteiger partial charge in [0.15, 0.2) is 23.4 Å². The smallest absolute Gasteiger partial charge is 0.346 e. The molecule has 0 radical (unpaired) electrons. The van der Waals surface area contributed by atoms with Gasteiger partial charge >= 0.3 is 5.97 Å². The van der Waals surface area contributed by atoms with Crippen LogP contribution in [0.25, 0.3) is 22.3 Å². The number of nitrogens with zero attached hydrogens (tertiary/aromatic N) is 3. The molecule has 0 spiro atoms. The Morgan fingerprint density at radius 3 is 2.51 bits per heavy atom. The second kappa shape index (κ2) is 10.5. The summed E-state index contributed by atoms with van der Waals surface area (Å²) in [6.07, 6.45) is 0.573. The molecule has 1 aromatic heterocycles. The van der Waals surface area contributed by atoms with Gasteiger partial charge in [-0.2, -0.15) is 9.78 Å². The lowest BCUT2D eigenvalue weighted by Crippen LogP contribution is -2.25. The minimum atomic E-state index is -0.896. The molecule has 0 amide bonds. The van der Waals surface area contributed by atoms with E-state index in [2.05, 4.69) is 21.0 Å². The first-order valence-corrected chi connectivity index (χ1v) is 11.5. The van der Waals surface area contributed by atoms with Gasteiger partial charge in [0.25, 0.3) is 5.56 Å². The Morgan fingerprint density at radius 1 is 1.09 bits per heavy atom. The van der Waals surface area contributed by atoms with Gasteiger partial charge in [-0.25, -0.2) is 9.78 Å². The van der Waals surface area contributed by atoms with Crippen molar-refractivity contribution >= 4 is 39.0 Å². The Balaban J connectivity index is 1.89. The van der Waals surface area contributed by atoms with E-state index in [4.69, 9.17) is 19.2 Å². The predicted molar refractivity (Wildman–Crippen MR) is 137 cm³/mol. The highest BCUT2D eigenvalue weighted by Gasteiger charge is 2.20. The van der Waals surface area contributed by atoms with Crippen LogP contribution < -0.4 is 15.0 Å². The van der Waals surface area contributed by atoms with Gasteiger partial charge in [-0.1, -0.05) is 58.4 Å². The second-order valence-electron chi connectivity index (χ2n) is 7.49.